The second-order valence-electron chi connectivity index (χ2n) is 5.74. The zero-order chi connectivity index (χ0) is 14.8. The van der Waals surface area contributed by atoms with Crippen LogP contribution in [0.3, 0.4) is 0 Å². The van der Waals surface area contributed by atoms with Gasteiger partial charge in [0, 0.05) is 29.9 Å². The molecule has 2 unspecified atom stereocenters. The maximum absolute atomic E-state index is 9.71. The molecule has 4 nitrogen and oxygen atoms in total. The van der Waals surface area contributed by atoms with Crippen LogP contribution in [0.1, 0.15) is 18.0 Å². The summed E-state index contributed by atoms with van der Waals surface area (Å²) in [6.07, 6.45) is 5.14. The number of nitrogen functional groups attached to an aromatic ring is 1. The lowest BCUT2D eigenvalue weighted by atomic mass is 10.1. The Labute approximate surface area is 125 Å². The molecule has 2 heterocycles. The standard InChI is InChI=1S/C17H22N3O/c1-13-9-14(5-6-17(13)18)20-11-15(10-16(20)12-21)19-7-3-2-4-8-19/h2-9,15-16,21H,10-12,18H2,1H3/q+1. The number of hydrogen-bond donors (Lipinski definition) is 2. The lowest BCUT2D eigenvalue weighted by Gasteiger charge is -2.25. The molecule has 4 heteroatoms. The van der Waals surface area contributed by atoms with Crippen molar-refractivity contribution >= 4 is 11.4 Å². The van der Waals surface area contributed by atoms with Gasteiger partial charge in [-0.05, 0) is 30.7 Å². The molecule has 2 aromatic rings. The van der Waals surface area contributed by atoms with Crippen LogP contribution < -0.4 is 15.2 Å². The summed E-state index contributed by atoms with van der Waals surface area (Å²) in [5.41, 5.74) is 8.94. The molecular formula is C17H22N3O+. The number of aliphatic hydroxyl groups excluding tert-OH is 1. The molecule has 0 bridgehead atoms. The predicted molar refractivity (Wildman–Crippen MR) is 84.1 cm³/mol. The minimum Gasteiger partial charge on any atom is -0.399 e. The monoisotopic (exact) mass is 284 g/mol. The van der Waals surface area contributed by atoms with Crippen molar-refractivity contribution in [2.24, 2.45) is 0 Å². The molecule has 1 aliphatic rings. The van der Waals surface area contributed by atoms with E-state index < -0.39 is 0 Å². The fourth-order valence-electron chi connectivity index (χ4n) is 3.09. The number of nitrogens with two attached hydrogens (primary N) is 1. The van der Waals surface area contributed by atoms with E-state index in [9.17, 15) is 5.11 Å². The van der Waals surface area contributed by atoms with Crippen LogP contribution in [-0.2, 0) is 0 Å². The van der Waals surface area contributed by atoms with Crippen LogP contribution in [0.15, 0.2) is 48.8 Å². The van der Waals surface area contributed by atoms with E-state index in [0.29, 0.717) is 6.04 Å². The third kappa shape index (κ3) is 2.72. The van der Waals surface area contributed by atoms with Crippen LogP contribution in [0, 0.1) is 6.92 Å². The Balaban J connectivity index is 1.86. The van der Waals surface area contributed by atoms with Crippen molar-refractivity contribution in [1.29, 1.82) is 0 Å². The number of aliphatic hydroxyl groups is 1. The quantitative estimate of drug-likeness (QED) is 0.666. The van der Waals surface area contributed by atoms with E-state index in [0.717, 1.165) is 29.9 Å². The fraction of sp³-hybridized carbons (Fsp3) is 0.353. The normalized spacial score (nSPS) is 21.7. The first-order valence-corrected chi connectivity index (χ1v) is 7.38. The smallest absolute Gasteiger partial charge is 0.177 e. The average molecular weight is 284 g/mol. The van der Waals surface area contributed by atoms with E-state index >= 15 is 0 Å². The number of rotatable bonds is 3. The summed E-state index contributed by atoms with van der Waals surface area (Å²) in [7, 11) is 0. The molecule has 0 saturated carbocycles. The first-order valence-electron chi connectivity index (χ1n) is 7.38. The molecule has 21 heavy (non-hydrogen) atoms. The molecule has 110 valence electrons. The predicted octanol–water partition coefficient (Wildman–Crippen LogP) is 1.68. The lowest BCUT2D eigenvalue weighted by Crippen LogP contribution is -2.40. The molecule has 0 radical (unpaired) electrons. The second-order valence-corrected chi connectivity index (χ2v) is 5.74. The molecule has 1 fully saturated rings. The molecule has 1 aliphatic heterocycles. The van der Waals surface area contributed by atoms with E-state index in [4.69, 9.17) is 5.73 Å². The van der Waals surface area contributed by atoms with E-state index in [-0.39, 0.29) is 12.6 Å². The number of nitrogens with zero attached hydrogens (tertiary/aromatic N) is 2. The Morgan fingerprint density at radius 2 is 2.05 bits per heavy atom. The van der Waals surface area contributed by atoms with Gasteiger partial charge in [-0.1, -0.05) is 6.07 Å². The second kappa shape index (κ2) is 5.74. The van der Waals surface area contributed by atoms with Gasteiger partial charge in [-0.15, -0.1) is 0 Å². The van der Waals surface area contributed by atoms with Crippen LogP contribution in [0.25, 0.3) is 0 Å². The maximum atomic E-state index is 9.71. The topological polar surface area (TPSA) is 53.4 Å². The van der Waals surface area contributed by atoms with E-state index in [1.807, 2.05) is 37.3 Å². The Bertz CT molecular complexity index is 615. The van der Waals surface area contributed by atoms with Crippen LogP contribution in [0.5, 0.6) is 0 Å². The summed E-state index contributed by atoms with van der Waals surface area (Å²) in [5.74, 6) is 0. The molecule has 0 spiro atoms. The van der Waals surface area contributed by atoms with Crippen molar-refractivity contribution in [2.45, 2.75) is 25.4 Å². The third-order valence-corrected chi connectivity index (χ3v) is 4.35. The highest BCUT2D eigenvalue weighted by atomic mass is 16.3. The first kappa shape index (κ1) is 13.9. The third-order valence-electron chi connectivity index (χ3n) is 4.35. The number of benzene rings is 1. The van der Waals surface area contributed by atoms with Crippen LogP contribution in [0.2, 0.25) is 0 Å². The lowest BCUT2D eigenvalue weighted by molar-refractivity contribution is -0.718. The largest absolute Gasteiger partial charge is 0.399 e. The molecular weight excluding hydrogens is 262 g/mol. The van der Waals surface area contributed by atoms with E-state index in [2.05, 4.69) is 27.9 Å². The van der Waals surface area contributed by atoms with Gasteiger partial charge in [-0.3, -0.25) is 0 Å². The number of aromatic nitrogens is 1. The number of anilines is 2. The van der Waals surface area contributed by atoms with Gasteiger partial charge in [0.1, 0.15) is 0 Å². The average Bonchev–Trinajstić information content (AvgIpc) is 2.95. The number of pyridine rings is 1. The van der Waals surface area contributed by atoms with Crippen LogP contribution in [-0.4, -0.2) is 24.3 Å². The molecule has 3 N–H and O–H groups in total. The highest BCUT2D eigenvalue weighted by molar-refractivity contribution is 5.59. The van der Waals surface area contributed by atoms with Crippen molar-refractivity contribution in [2.75, 3.05) is 23.8 Å². The van der Waals surface area contributed by atoms with Gasteiger partial charge in [-0.25, -0.2) is 4.57 Å². The number of aryl methyl sites for hydroxylation is 1. The van der Waals surface area contributed by atoms with Crippen molar-refractivity contribution in [3.63, 3.8) is 0 Å². The molecule has 1 saturated heterocycles. The van der Waals surface area contributed by atoms with Gasteiger partial charge in [0.05, 0.1) is 19.2 Å². The summed E-state index contributed by atoms with van der Waals surface area (Å²) in [6.45, 7) is 3.10. The van der Waals surface area contributed by atoms with Crippen molar-refractivity contribution in [3.8, 4) is 0 Å². The first-order chi connectivity index (χ1) is 10.2. The Morgan fingerprint density at radius 3 is 2.71 bits per heavy atom. The van der Waals surface area contributed by atoms with Crippen LogP contribution >= 0.6 is 0 Å². The molecule has 2 atom stereocenters. The summed E-state index contributed by atoms with van der Waals surface area (Å²) in [4.78, 5) is 2.29. The molecule has 0 amide bonds. The van der Waals surface area contributed by atoms with E-state index in [1.54, 1.807) is 0 Å². The van der Waals surface area contributed by atoms with Crippen molar-refractivity contribution < 1.29 is 9.67 Å². The van der Waals surface area contributed by atoms with Gasteiger partial charge in [-0.2, -0.15) is 0 Å². The summed E-state index contributed by atoms with van der Waals surface area (Å²) < 4.78 is 2.23. The van der Waals surface area contributed by atoms with Gasteiger partial charge < -0.3 is 15.7 Å². The molecule has 0 aliphatic carbocycles. The summed E-state index contributed by atoms with van der Waals surface area (Å²) in [6, 6.07) is 12.8. The van der Waals surface area contributed by atoms with Gasteiger partial charge >= 0.3 is 0 Å². The fourth-order valence-corrected chi connectivity index (χ4v) is 3.09. The highest BCUT2D eigenvalue weighted by Crippen LogP contribution is 2.30. The maximum Gasteiger partial charge on any atom is 0.177 e. The van der Waals surface area contributed by atoms with Gasteiger partial charge in [0.25, 0.3) is 0 Å². The van der Waals surface area contributed by atoms with E-state index in [1.165, 1.54) is 0 Å². The Kier molecular flexibility index (Phi) is 3.80. The minimum atomic E-state index is 0.158. The minimum absolute atomic E-state index is 0.158. The Morgan fingerprint density at radius 1 is 1.29 bits per heavy atom. The van der Waals surface area contributed by atoms with Gasteiger partial charge in [0.2, 0.25) is 0 Å². The van der Waals surface area contributed by atoms with Crippen molar-refractivity contribution in [3.05, 3.63) is 54.4 Å². The zero-order valence-electron chi connectivity index (χ0n) is 12.3. The SMILES string of the molecule is Cc1cc(N2CC([n+]3ccccc3)CC2CO)ccc1N. The molecule has 1 aromatic carbocycles. The molecule has 1 aromatic heterocycles. The summed E-state index contributed by atoms with van der Waals surface area (Å²) in [5, 5.41) is 9.71. The zero-order valence-corrected chi connectivity index (χ0v) is 12.3. The number of hydrogen-bond acceptors (Lipinski definition) is 3. The molecule has 3 rings (SSSR count). The van der Waals surface area contributed by atoms with Gasteiger partial charge in [0.15, 0.2) is 18.4 Å². The van der Waals surface area contributed by atoms with Crippen molar-refractivity contribution in [1.82, 2.24) is 0 Å². The summed E-state index contributed by atoms with van der Waals surface area (Å²) >= 11 is 0. The highest BCUT2D eigenvalue weighted by Gasteiger charge is 2.37. The Hall–Kier alpha value is -2.07. The van der Waals surface area contributed by atoms with Crippen LogP contribution in [0.4, 0.5) is 11.4 Å².